The Labute approximate surface area is 142 Å². The van der Waals surface area contributed by atoms with Crippen molar-refractivity contribution in [3.8, 4) is 11.8 Å². The van der Waals surface area contributed by atoms with Crippen molar-refractivity contribution in [2.75, 3.05) is 17.2 Å². The smallest absolute Gasteiger partial charge is 0.226 e. The minimum absolute atomic E-state index is 0.0822. The minimum Gasteiger partial charge on any atom is -0.489 e. The van der Waals surface area contributed by atoms with E-state index in [1.54, 1.807) is 24.3 Å². The van der Waals surface area contributed by atoms with Crippen molar-refractivity contribution in [3.63, 3.8) is 0 Å². The standard InChI is InChI=1S/C19H21N3O2/c1-14(2)24-18-10-6-5-9-17(18)21-12-11-19(23)22-16-8-4-3-7-15(16)13-20/h3-10,14,21H,11-12H2,1-2H3,(H,22,23). The molecule has 0 bridgehead atoms. The van der Waals surface area contributed by atoms with Gasteiger partial charge in [0.2, 0.25) is 5.91 Å². The van der Waals surface area contributed by atoms with E-state index in [-0.39, 0.29) is 18.4 Å². The van der Waals surface area contributed by atoms with Crippen LogP contribution in [0.15, 0.2) is 48.5 Å². The van der Waals surface area contributed by atoms with E-state index in [1.807, 2.05) is 38.1 Å². The van der Waals surface area contributed by atoms with E-state index in [1.165, 1.54) is 0 Å². The minimum atomic E-state index is -0.146. The number of carbonyl (C=O) groups excluding carboxylic acids is 1. The predicted octanol–water partition coefficient (Wildman–Crippen LogP) is 3.79. The monoisotopic (exact) mass is 323 g/mol. The highest BCUT2D eigenvalue weighted by atomic mass is 16.5. The average Bonchev–Trinajstić information content (AvgIpc) is 2.56. The highest BCUT2D eigenvalue weighted by Gasteiger charge is 2.08. The largest absolute Gasteiger partial charge is 0.489 e. The van der Waals surface area contributed by atoms with Crippen LogP contribution < -0.4 is 15.4 Å². The number of nitriles is 1. The first kappa shape index (κ1) is 17.4. The van der Waals surface area contributed by atoms with Crippen LogP contribution in [0.25, 0.3) is 0 Å². The van der Waals surface area contributed by atoms with E-state index in [0.717, 1.165) is 11.4 Å². The lowest BCUT2D eigenvalue weighted by atomic mass is 10.2. The molecule has 0 saturated carbocycles. The summed E-state index contributed by atoms with van der Waals surface area (Å²) in [5, 5.41) is 15.0. The Balaban J connectivity index is 1.88. The van der Waals surface area contributed by atoms with Crippen molar-refractivity contribution >= 4 is 17.3 Å². The number of carbonyl (C=O) groups is 1. The van der Waals surface area contributed by atoms with Gasteiger partial charge in [0, 0.05) is 13.0 Å². The summed E-state index contributed by atoms with van der Waals surface area (Å²) in [6.45, 7) is 4.41. The molecule has 0 aromatic heterocycles. The molecule has 0 spiro atoms. The van der Waals surface area contributed by atoms with Crippen LogP contribution in [0.1, 0.15) is 25.8 Å². The summed E-state index contributed by atoms with van der Waals surface area (Å²) in [5.74, 6) is 0.621. The molecule has 2 N–H and O–H groups in total. The zero-order valence-electron chi connectivity index (χ0n) is 13.9. The maximum absolute atomic E-state index is 12.0. The number of hydrogen-bond donors (Lipinski definition) is 2. The van der Waals surface area contributed by atoms with Crippen LogP contribution in [0.2, 0.25) is 0 Å². The molecule has 2 aromatic carbocycles. The van der Waals surface area contributed by atoms with Crippen molar-refractivity contribution < 1.29 is 9.53 Å². The normalized spacial score (nSPS) is 10.1. The van der Waals surface area contributed by atoms with Gasteiger partial charge >= 0.3 is 0 Å². The molecule has 0 radical (unpaired) electrons. The molecule has 0 aliphatic carbocycles. The summed E-state index contributed by atoms with van der Waals surface area (Å²) in [6.07, 6.45) is 0.370. The Bertz CT molecular complexity index is 735. The van der Waals surface area contributed by atoms with Gasteiger partial charge in [0.25, 0.3) is 0 Å². The number of hydrogen-bond acceptors (Lipinski definition) is 4. The van der Waals surface area contributed by atoms with Crippen LogP contribution in [0.5, 0.6) is 5.75 Å². The lowest BCUT2D eigenvalue weighted by molar-refractivity contribution is -0.115. The van der Waals surface area contributed by atoms with Gasteiger partial charge in [0.15, 0.2) is 0 Å². The van der Waals surface area contributed by atoms with E-state index in [2.05, 4.69) is 16.7 Å². The maximum atomic E-state index is 12.0. The summed E-state index contributed by atoms with van der Waals surface area (Å²) in [7, 11) is 0. The molecular formula is C19H21N3O2. The van der Waals surface area contributed by atoms with Crippen molar-refractivity contribution in [3.05, 3.63) is 54.1 Å². The quantitative estimate of drug-likeness (QED) is 0.813. The van der Waals surface area contributed by atoms with E-state index >= 15 is 0 Å². The highest BCUT2D eigenvalue weighted by molar-refractivity contribution is 5.92. The lowest BCUT2D eigenvalue weighted by Crippen LogP contribution is -2.17. The molecule has 0 aliphatic heterocycles. The van der Waals surface area contributed by atoms with Gasteiger partial charge in [-0.2, -0.15) is 5.26 Å². The Kier molecular flexibility index (Phi) is 6.21. The molecule has 0 atom stereocenters. The Hall–Kier alpha value is -3.00. The number of ether oxygens (including phenoxy) is 1. The number of nitrogens with zero attached hydrogens (tertiary/aromatic N) is 1. The van der Waals surface area contributed by atoms with E-state index in [9.17, 15) is 4.79 Å². The van der Waals surface area contributed by atoms with Gasteiger partial charge in [-0.25, -0.2) is 0 Å². The zero-order chi connectivity index (χ0) is 17.4. The first-order valence-electron chi connectivity index (χ1n) is 7.88. The first-order valence-corrected chi connectivity index (χ1v) is 7.88. The molecule has 1 amide bonds. The molecule has 5 nitrogen and oxygen atoms in total. The van der Waals surface area contributed by atoms with Crippen molar-refractivity contribution in [2.45, 2.75) is 26.4 Å². The lowest BCUT2D eigenvalue weighted by Gasteiger charge is -2.15. The van der Waals surface area contributed by atoms with Crippen LogP contribution in [0.3, 0.4) is 0 Å². The second-order valence-corrected chi connectivity index (χ2v) is 5.55. The fraction of sp³-hybridized carbons (Fsp3) is 0.263. The Morgan fingerprint density at radius 3 is 2.50 bits per heavy atom. The summed E-state index contributed by atoms with van der Waals surface area (Å²) in [5.41, 5.74) is 1.85. The molecule has 5 heteroatoms. The SMILES string of the molecule is CC(C)Oc1ccccc1NCCC(=O)Nc1ccccc1C#N. The molecule has 0 aliphatic rings. The molecule has 0 heterocycles. The fourth-order valence-electron chi connectivity index (χ4n) is 2.18. The summed E-state index contributed by atoms with van der Waals surface area (Å²) >= 11 is 0. The summed E-state index contributed by atoms with van der Waals surface area (Å²) < 4.78 is 5.73. The van der Waals surface area contributed by atoms with Gasteiger partial charge in [0.05, 0.1) is 23.0 Å². The second-order valence-electron chi connectivity index (χ2n) is 5.55. The topological polar surface area (TPSA) is 74.2 Å². The van der Waals surface area contributed by atoms with E-state index in [4.69, 9.17) is 10.00 Å². The molecule has 24 heavy (non-hydrogen) atoms. The molecule has 0 saturated heterocycles. The third kappa shape index (κ3) is 5.03. The highest BCUT2D eigenvalue weighted by Crippen LogP contribution is 2.24. The Morgan fingerprint density at radius 2 is 1.79 bits per heavy atom. The zero-order valence-corrected chi connectivity index (χ0v) is 13.9. The van der Waals surface area contributed by atoms with Crippen LogP contribution in [-0.4, -0.2) is 18.6 Å². The number of para-hydroxylation sites is 3. The van der Waals surface area contributed by atoms with Gasteiger partial charge in [-0.05, 0) is 38.1 Å². The number of amides is 1. The van der Waals surface area contributed by atoms with E-state index < -0.39 is 0 Å². The number of benzene rings is 2. The third-order valence-electron chi connectivity index (χ3n) is 3.24. The van der Waals surface area contributed by atoms with Crippen molar-refractivity contribution in [1.29, 1.82) is 5.26 Å². The van der Waals surface area contributed by atoms with Gasteiger partial charge in [-0.3, -0.25) is 4.79 Å². The van der Waals surface area contributed by atoms with Crippen LogP contribution >= 0.6 is 0 Å². The van der Waals surface area contributed by atoms with Crippen molar-refractivity contribution in [1.82, 2.24) is 0 Å². The number of rotatable bonds is 7. The molecule has 2 rings (SSSR count). The van der Waals surface area contributed by atoms with Gasteiger partial charge in [-0.1, -0.05) is 24.3 Å². The first-order chi connectivity index (χ1) is 11.6. The van der Waals surface area contributed by atoms with Gasteiger partial charge < -0.3 is 15.4 Å². The second kappa shape index (κ2) is 8.59. The maximum Gasteiger partial charge on any atom is 0.226 e. The molecule has 2 aromatic rings. The van der Waals surface area contributed by atoms with Crippen LogP contribution in [0.4, 0.5) is 11.4 Å². The Morgan fingerprint density at radius 1 is 1.12 bits per heavy atom. The molecule has 124 valence electrons. The number of anilines is 2. The molecule has 0 unspecified atom stereocenters. The van der Waals surface area contributed by atoms with Gasteiger partial charge in [0.1, 0.15) is 11.8 Å². The summed E-state index contributed by atoms with van der Waals surface area (Å²) in [6, 6.07) is 16.6. The summed E-state index contributed by atoms with van der Waals surface area (Å²) in [4.78, 5) is 12.0. The molecular weight excluding hydrogens is 302 g/mol. The number of nitrogens with one attached hydrogen (secondary N) is 2. The predicted molar refractivity (Wildman–Crippen MR) is 95.1 cm³/mol. The molecule has 0 fully saturated rings. The van der Waals surface area contributed by atoms with E-state index in [0.29, 0.717) is 17.8 Å². The van der Waals surface area contributed by atoms with Crippen molar-refractivity contribution in [2.24, 2.45) is 0 Å². The van der Waals surface area contributed by atoms with Gasteiger partial charge in [-0.15, -0.1) is 0 Å². The average molecular weight is 323 g/mol. The fourth-order valence-corrected chi connectivity index (χ4v) is 2.18. The van der Waals surface area contributed by atoms with Crippen LogP contribution in [-0.2, 0) is 4.79 Å². The van der Waals surface area contributed by atoms with Crippen LogP contribution in [0, 0.1) is 11.3 Å². The third-order valence-corrected chi connectivity index (χ3v) is 3.24.